The number of benzene rings is 2. The summed E-state index contributed by atoms with van der Waals surface area (Å²) in [6.45, 7) is 3.62. The number of pyridine rings is 1. The van der Waals surface area contributed by atoms with Gasteiger partial charge in [-0.1, -0.05) is 29.3 Å². The number of sulfone groups is 1. The SMILES string of the molecule is CS(=O)(=O)c1cnc2ccc(-c3cc(Cl)c(O)c(Cl)c3)cc2c1NC1CCC(CN2CCCC2)CC1. The number of aromatic nitrogens is 1. The van der Waals surface area contributed by atoms with Crippen LogP contribution in [0, 0.1) is 5.92 Å². The zero-order chi connectivity index (χ0) is 25.4. The lowest BCUT2D eigenvalue weighted by molar-refractivity contribution is 0.228. The van der Waals surface area contributed by atoms with Gasteiger partial charge in [-0.25, -0.2) is 8.42 Å². The quantitative estimate of drug-likeness (QED) is 0.372. The van der Waals surface area contributed by atoms with E-state index in [0.717, 1.165) is 42.2 Å². The molecular weight excluding hydrogens is 517 g/mol. The summed E-state index contributed by atoms with van der Waals surface area (Å²) in [6.07, 6.45) is 9.59. The van der Waals surface area contributed by atoms with Gasteiger partial charge in [0.25, 0.3) is 0 Å². The maximum absolute atomic E-state index is 12.7. The molecule has 2 aromatic carbocycles. The topological polar surface area (TPSA) is 82.5 Å². The fourth-order valence-corrected chi connectivity index (χ4v) is 6.81. The van der Waals surface area contributed by atoms with Crippen LogP contribution >= 0.6 is 23.2 Å². The Kier molecular flexibility index (Phi) is 7.37. The minimum Gasteiger partial charge on any atom is -0.505 e. The Hall–Kier alpha value is -2.06. The zero-order valence-corrected chi connectivity index (χ0v) is 22.6. The van der Waals surface area contributed by atoms with Crippen LogP contribution in [0.3, 0.4) is 0 Å². The zero-order valence-electron chi connectivity index (χ0n) is 20.3. The van der Waals surface area contributed by atoms with E-state index in [0.29, 0.717) is 17.1 Å². The number of anilines is 1. The maximum atomic E-state index is 12.7. The van der Waals surface area contributed by atoms with Gasteiger partial charge < -0.3 is 15.3 Å². The highest BCUT2D eigenvalue weighted by atomic mass is 35.5. The van der Waals surface area contributed by atoms with Crippen LogP contribution in [-0.4, -0.2) is 55.3 Å². The molecular formula is C27H31Cl2N3O3S. The number of nitrogens with zero attached hydrogens (tertiary/aromatic N) is 2. The first-order valence-corrected chi connectivity index (χ1v) is 15.1. The van der Waals surface area contributed by atoms with Crippen LogP contribution in [0.5, 0.6) is 5.75 Å². The van der Waals surface area contributed by atoms with E-state index in [-0.39, 0.29) is 26.7 Å². The van der Waals surface area contributed by atoms with Gasteiger partial charge in [0.2, 0.25) is 0 Å². The molecule has 1 aliphatic heterocycles. The highest BCUT2D eigenvalue weighted by Gasteiger charge is 2.26. The van der Waals surface area contributed by atoms with Gasteiger partial charge in [-0.15, -0.1) is 0 Å². The predicted octanol–water partition coefficient (Wildman–Crippen LogP) is 6.38. The van der Waals surface area contributed by atoms with Crippen LogP contribution in [0.2, 0.25) is 10.0 Å². The largest absolute Gasteiger partial charge is 0.505 e. The average Bonchev–Trinajstić information content (AvgIpc) is 3.35. The van der Waals surface area contributed by atoms with Gasteiger partial charge in [0.1, 0.15) is 4.90 Å². The van der Waals surface area contributed by atoms with Gasteiger partial charge in [0, 0.05) is 30.4 Å². The molecule has 3 aromatic rings. The first kappa shape index (κ1) is 25.6. The molecule has 192 valence electrons. The first-order valence-electron chi connectivity index (χ1n) is 12.5. The molecule has 1 saturated carbocycles. The van der Waals surface area contributed by atoms with Crippen molar-refractivity contribution in [3.05, 3.63) is 46.6 Å². The lowest BCUT2D eigenvalue weighted by Crippen LogP contribution is -2.33. The molecule has 6 nitrogen and oxygen atoms in total. The highest BCUT2D eigenvalue weighted by molar-refractivity contribution is 7.90. The van der Waals surface area contributed by atoms with Crippen LogP contribution in [0.15, 0.2) is 41.4 Å². The van der Waals surface area contributed by atoms with Crippen molar-refractivity contribution < 1.29 is 13.5 Å². The second-order valence-electron chi connectivity index (χ2n) is 10.2. The monoisotopic (exact) mass is 547 g/mol. The molecule has 9 heteroatoms. The third kappa shape index (κ3) is 5.44. The summed E-state index contributed by atoms with van der Waals surface area (Å²) in [4.78, 5) is 7.22. The number of rotatable bonds is 6. The van der Waals surface area contributed by atoms with E-state index in [2.05, 4.69) is 15.2 Å². The molecule has 0 amide bonds. The number of likely N-dealkylation sites (tertiary alicyclic amines) is 1. The van der Waals surface area contributed by atoms with Crippen LogP contribution in [0.25, 0.3) is 22.0 Å². The summed E-state index contributed by atoms with van der Waals surface area (Å²) >= 11 is 12.3. The van der Waals surface area contributed by atoms with Crippen LogP contribution in [-0.2, 0) is 9.84 Å². The van der Waals surface area contributed by atoms with E-state index in [4.69, 9.17) is 23.2 Å². The molecule has 2 heterocycles. The smallest absolute Gasteiger partial charge is 0.179 e. The fraction of sp³-hybridized carbons (Fsp3) is 0.444. The summed E-state index contributed by atoms with van der Waals surface area (Å²) in [5, 5.41) is 14.6. The van der Waals surface area contributed by atoms with Crippen molar-refractivity contribution in [3.63, 3.8) is 0 Å². The Morgan fingerprint density at radius 1 is 1.03 bits per heavy atom. The summed E-state index contributed by atoms with van der Waals surface area (Å²) in [7, 11) is -3.51. The van der Waals surface area contributed by atoms with Crippen molar-refractivity contribution in [2.24, 2.45) is 5.92 Å². The van der Waals surface area contributed by atoms with Crippen molar-refractivity contribution in [3.8, 4) is 16.9 Å². The number of nitrogens with one attached hydrogen (secondary N) is 1. The third-order valence-electron chi connectivity index (χ3n) is 7.49. The summed E-state index contributed by atoms with van der Waals surface area (Å²) in [6, 6.07) is 9.16. The molecule has 0 unspecified atom stereocenters. The minimum atomic E-state index is -3.51. The van der Waals surface area contributed by atoms with Gasteiger partial charge in [-0.2, -0.15) is 0 Å². The molecule has 36 heavy (non-hydrogen) atoms. The van der Waals surface area contributed by atoms with Crippen molar-refractivity contribution in [1.29, 1.82) is 0 Å². The average molecular weight is 549 g/mol. The molecule has 0 spiro atoms. The molecule has 0 bridgehead atoms. The fourth-order valence-electron chi connectivity index (χ4n) is 5.54. The highest BCUT2D eigenvalue weighted by Crippen LogP contribution is 2.39. The molecule has 0 radical (unpaired) electrons. The third-order valence-corrected chi connectivity index (χ3v) is 9.18. The molecule has 1 aromatic heterocycles. The van der Waals surface area contributed by atoms with E-state index in [1.165, 1.54) is 44.9 Å². The number of halogens is 2. The molecule has 2 aliphatic rings. The van der Waals surface area contributed by atoms with Gasteiger partial charge in [-0.3, -0.25) is 4.98 Å². The van der Waals surface area contributed by atoms with Crippen molar-refractivity contribution in [2.45, 2.75) is 49.5 Å². The Morgan fingerprint density at radius 2 is 1.69 bits per heavy atom. The number of fused-ring (bicyclic) bond motifs is 1. The Labute approximate surface area is 222 Å². The molecule has 1 saturated heterocycles. The Balaban J connectivity index is 1.46. The lowest BCUT2D eigenvalue weighted by atomic mass is 9.85. The van der Waals surface area contributed by atoms with E-state index < -0.39 is 9.84 Å². The predicted molar refractivity (Wildman–Crippen MR) is 147 cm³/mol. The molecule has 2 fully saturated rings. The van der Waals surface area contributed by atoms with Crippen molar-refractivity contribution >= 4 is 49.6 Å². The van der Waals surface area contributed by atoms with Crippen LogP contribution < -0.4 is 5.32 Å². The van der Waals surface area contributed by atoms with Crippen LogP contribution in [0.1, 0.15) is 38.5 Å². The van der Waals surface area contributed by atoms with Crippen LogP contribution in [0.4, 0.5) is 5.69 Å². The number of phenolic OH excluding ortho intramolecular Hbond substituents is 1. The molecule has 2 N–H and O–H groups in total. The second kappa shape index (κ2) is 10.4. The van der Waals surface area contributed by atoms with Crippen molar-refractivity contribution in [2.75, 3.05) is 31.2 Å². The Morgan fingerprint density at radius 3 is 2.33 bits per heavy atom. The van der Waals surface area contributed by atoms with E-state index in [9.17, 15) is 13.5 Å². The standard InChI is InChI=1S/C27H31Cl2N3O3S/c1-36(34,35)25-15-30-24-9-6-18(19-13-22(28)27(33)23(29)14-19)12-21(24)26(25)31-20-7-4-17(5-8-20)16-32-10-2-3-11-32/h6,9,12-15,17,20,33H,2-5,7-8,10-11,16H2,1H3,(H,30,31). The molecule has 5 rings (SSSR count). The van der Waals surface area contributed by atoms with E-state index >= 15 is 0 Å². The van der Waals surface area contributed by atoms with Gasteiger partial charge in [0.15, 0.2) is 15.6 Å². The normalized spacial score (nSPS) is 21.2. The summed E-state index contributed by atoms with van der Waals surface area (Å²) in [5.41, 5.74) is 2.83. The molecule has 1 aliphatic carbocycles. The lowest BCUT2D eigenvalue weighted by Gasteiger charge is -2.32. The van der Waals surface area contributed by atoms with E-state index in [1.807, 2.05) is 18.2 Å². The Bertz CT molecular complexity index is 1360. The number of hydrogen-bond donors (Lipinski definition) is 2. The summed E-state index contributed by atoms with van der Waals surface area (Å²) in [5.74, 6) is 0.548. The maximum Gasteiger partial charge on any atom is 0.179 e. The number of phenols is 1. The number of hydrogen-bond acceptors (Lipinski definition) is 6. The minimum absolute atomic E-state index is 0.157. The molecule has 0 atom stereocenters. The van der Waals surface area contributed by atoms with Gasteiger partial charge in [0.05, 0.1) is 21.2 Å². The van der Waals surface area contributed by atoms with Gasteiger partial charge >= 0.3 is 0 Å². The van der Waals surface area contributed by atoms with E-state index in [1.54, 1.807) is 12.1 Å². The first-order chi connectivity index (χ1) is 17.2. The van der Waals surface area contributed by atoms with Crippen molar-refractivity contribution in [1.82, 2.24) is 9.88 Å². The number of aromatic hydroxyl groups is 1. The summed E-state index contributed by atoms with van der Waals surface area (Å²) < 4.78 is 25.4. The second-order valence-corrected chi connectivity index (χ2v) is 13.0. The van der Waals surface area contributed by atoms with Gasteiger partial charge in [-0.05, 0) is 92.9 Å².